The summed E-state index contributed by atoms with van der Waals surface area (Å²) in [6, 6.07) is 3.70. The van der Waals surface area contributed by atoms with Gasteiger partial charge in [0.05, 0.1) is 10.7 Å². The molecule has 0 aliphatic carbocycles. The molecule has 6 heteroatoms. The molecule has 0 bridgehead atoms. The number of ether oxygens (including phenoxy) is 1. The zero-order chi connectivity index (χ0) is 13.7. The summed E-state index contributed by atoms with van der Waals surface area (Å²) in [4.78, 5) is 13.0. The summed E-state index contributed by atoms with van der Waals surface area (Å²) in [5.74, 6) is 2.11. The van der Waals surface area contributed by atoms with Crippen LogP contribution in [0.4, 0.5) is 5.82 Å². The van der Waals surface area contributed by atoms with Gasteiger partial charge in [0.15, 0.2) is 5.82 Å². The Morgan fingerprint density at radius 1 is 1.26 bits per heavy atom. The largest absolute Gasteiger partial charge is 0.481 e. The molecule has 2 heterocycles. The maximum Gasteiger partial charge on any atom is 0.212 e. The Bertz CT molecular complexity index is 545. The number of rotatable bonds is 5. The molecule has 0 atom stereocenters. The summed E-state index contributed by atoms with van der Waals surface area (Å²) >= 11 is 2.22. The average molecular weight is 370 g/mol. The molecule has 0 saturated heterocycles. The van der Waals surface area contributed by atoms with Crippen molar-refractivity contribution in [3.05, 3.63) is 28.1 Å². The molecule has 5 nitrogen and oxygen atoms in total. The monoisotopic (exact) mass is 370 g/mol. The Labute approximate surface area is 126 Å². The Balaban J connectivity index is 2.28. The van der Waals surface area contributed by atoms with Crippen LogP contribution in [0.1, 0.15) is 13.3 Å². The summed E-state index contributed by atoms with van der Waals surface area (Å²) in [6.45, 7) is 3.02. The molecule has 2 aromatic rings. The Morgan fingerprint density at radius 3 is 2.74 bits per heavy atom. The SMILES string of the molecule is CCCNc1nc(-c2ccc(OC)nc2)ncc1I. The molecule has 2 aromatic heterocycles. The van der Waals surface area contributed by atoms with Gasteiger partial charge < -0.3 is 10.1 Å². The lowest BCUT2D eigenvalue weighted by Gasteiger charge is -2.08. The maximum absolute atomic E-state index is 5.04. The highest BCUT2D eigenvalue weighted by atomic mass is 127. The number of nitrogens with zero attached hydrogens (tertiary/aromatic N) is 3. The van der Waals surface area contributed by atoms with Crippen molar-refractivity contribution in [2.75, 3.05) is 19.0 Å². The third-order valence-electron chi connectivity index (χ3n) is 2.49. The van der Waals surface area contributed by atoms with Crippen LogP contribution in [0, 0.1) is 3.57 Å². The molecule has 2 rings (SSSR count). The van der Waals surface area contributed by atoms with E-state index in [2.05, 4.69) is 49.8 Å². The molecular formula is C13H15IN4O. The fourth-order valence-corrected chi connectivity index (χ4v) is 1.96. The van der Waals surface area contributed by atoms with Crippen LogP contribution in [0.15, 0.2) is 24.5 Å². The van der Waals surface area contributed by atoms with E-state index in [9.17, 15) is 0 Å². The number of halogens is 1. The van der Waals surface area contributed by atoms with Crippen LogP contribution in [0.3, 0.4) is 0 Å². The molecule has 0 aliphatic rings. The summed E-state index contributed by atoms with van der Waals surface area (Å²) in [5.41, 5.74) is 0.872. The molecule has 0 aliphatic heterocycles. The van der Waals surface area contributed by atoms with Crippen molar-refractivity contribution in [1.82, 2.24) is 15.0 Å². The summed E-state index contributed by atoms with van der Waals surface area (Å²) in [5, 5.41) is 3.29. The van der Waals surface area contributed by atoms with Gasteiger partial charge in [0.1, 0.15) is 5.82 Å². The molecular weight excluding hydrogens is 355 g/mol. The number of pyridine rings is 1. The minimum Gasteiger partial charge on any atom is -0.481 e. The zero-order valence-corrected chi connectivity index (χ0v) is 13.0. The lowest BCUT2D eigenvalue weighted by Crippen LogP contribution is -2.05. The van der Waals surface area contributed by atoms with Gasteiger partial charge in [-0.15, -0.1) is 0 Å². The minimum atomic E-state index is 0.582. The third kappa shape index (κ3) is 3.52. The number of aromatic nitrogens is 3. The Kier molecular flexibility index (Phi) is 4.89. The van der Waals surface area contributed by atoms with Crippen molar-refractivity contribution < 1.29 is 4.74 Å². The molecule has 19 heavy (non-hydrogen) atoms. The zero-order valence-electron chi connectivity index (χ0n) is 10.9. The highest BCUT2D eigenvalue weighted by Gasteiger charge is 2.07. The molecule has 0 radical (unpaired) electrons. The molecule has 0 amide bonds. The van der Waals surface area contributed by atoms with Gasteiger partial charge in [0.2, 0.25) is 5.88 Å². The molecule has 0 spiro atoms. The van der Waals surface area contributed by atoms with Crippen molar-refractivity contribution >= 4 is 28.4 Å². The number of hydrogen-bond donors (Lipinski definition) is 1. The highest BCUT2D eigenvalue weighted by Crippen LogP contribution is 2.21. The van der Waals surface area contributed by atoms with Gasteiger partial charge in [-0.25, -0.2) is 15.0 Å². The lowest BCUT2D eigenvalue weighted by atomic mass is 10.2. The van der Waals surface area contributed by atoms with Crippen LogP contribution in [0.25, 0.3) is 11.4 Å². The summed E-state index contributed by atoms with van der Waals surface area (Å²) in [7, 11) is 1.59. The molecule has 100 valence electrons. The minimum absolute atomic E-state index is 0.582. The quantitative estimate of drug-likeness (QED) is 0.821. The van der Waals surface area contributed by atoms with E-state index < -0.39 is 0 Å². The van der Waals surface area contributed by atoms with Gasteiger partial charge >= 0.3 is 0 Å². The summed E-state index contributed by atoms with van der Waals surface area (Å²) in [6.07, 6.45) is 4.58. The van der Waals surface area contributed by atoms with Crippen molar-refractivity contribution in [3.63, 3.8) is 0 Å². The van der Waals surface area contributed by atoms with Crippen LogP contribution in [0.5, 0.6) is 5.88 Å². The van der Waals surface area contributed by atoms with E-state index in [0.29, 0.717) is 11.7 Å². The van der Waals surface area contributed by atoms with Gasteiger partial charge in [-0.2, -0.15) is 0 Å². The fourth-order valence-electron chi connectivity index (χ4n) is 1.51. The standard InChI is InChI=1S/C13H15IN4O/c1-3-6-15-13-10(14)8-17-12(18-13)9-4-5-11(19-2)16-7-9/h4-5,7-8H,3,6H2,1-2H3,(H,15,17,18). The van der Waals surface area contributed by atoms with Crippen LogP contribution in [0.2, 0.25) is 0 Å². The van der Waals surface area contributed by atoms with Crippen LogP contribution in [-0.2, 0) is 0 Å². The highest BCUT2D eigenvalue weighted by molar-refractivity contribution is 14.1. The van der Waals surface area contributed by atoms with E-state index in [4.69, 9.17) is 4.74 Å². The Hall–Kier alpha value is -1.44. The van der Waals surface area contributed by atoms with Gasteiger partial charge in [-0.3, -0.25) is 0 Å². The van der Waals surface area contributed by atoms with Gasteiger partial charge in [0.25, 0.3) is 0 Å². The van der Waals surface area contributed by atoms with Gasteiger partial charge in [-0.05, 0) is 35.1 Å². The maximum atomic E-state index is 5.04. The van der Waals surface area contributed by atoms with Crippen LogP contribution in [-0.4, -0.2) is 28.6 Å². The predicted molar refractivity (Wildman–Crippen MR) is 83.3 cm³/mol. The van der Waals surface area contributed by atoms with Crippen molar-refractivity contribution in [2.24, 2.45) is 0 Å². The van der Waals surface area contributed by atoms with Crippen LogP contribution >= 0.6 is 22.6 Å². The number of anilines is 1. The number of nitrogens with one attached hydrogen (secondary N) is 1. The normalized spacial score (nSPS) is 10.3. The second-order valence-electron chi connectivity index (χ2n) is 3.91. The van der Waals surface area contributed by atoms with E-state index in [1.165, 1.54) is 0 Å². The smallest absolute Gasteiger partial charge is 0.212 e. The first kappa shape index (κ1) is 14.0. The molecule has 0 fully saturated rings. The first-order valence-electron chi connectivity index (χ1n) is 6.01. The second kappa shape index (κ2) is 6.65. The Morgan fingerprint density at radius 2 is 2.11 bits per heavy atom. The fraction of sp³-hybridized carbons (Fsp3) is 0.308. The second-order valence-corrected chi connectivity index (χ2v) is 5.07. The first-order chi connectivity index (χ1) is 9.24. The molecule has 1 N–H and O–H groups in total. The van der Waals surface area contributed by atoms with E-state index in [0.717, 1.165) is 27.9 Å². The number of methoxy groups -OCH3 is 1. The van der Waals surface area contributed by atoms with E-state index in [-0.39, 0.29) is 0 Å². The topological polar surface area (TPSA) is 59.9 Å². The van der Waals surface area contributed by atoms with Crippen molar-refractivity contribution in [2.45, 2.75) is 13.3 Å². The predicted octanol–water partition coefficient (Wildman–Crippen LogP) is 2.97. The summed E-state index contributed by atoms with van der Waals surface area (Å²) < 4.78 is 6.05. The van der Waals surface area contributed by atoms with Crippen molar-refractivity contribution in [1.29, 1.82) is 0 Å². The molecule has 0 aromatic carbocycles. The average Bonchev–Trinajstić information content (AvgIpc) is 2.46. The molecule has 0 saturated carbocycles. The third-order valence-corrected chi connectivity index (χ3v) is 3.28. The molecule has 0 unspecified atom stereocenters. The lowest BCUT2D eigenvalue weighted by molar-refractivity contribution is 0.398. The van der Waals surface area contributed by atoms with E-state index in [1.807, 2.05) is 12.3 Å². The van der Waals surface area contributed by atoms with E-state index >= 15 is 0 Å². The van der Waals surface area contributed by atoms with E-state index in [1.54, 1.807) is 19.4 Å². The number of hydrogen-bond acceptors (Lipinski definition) is 5. The van der Waals surface area contributed by atoms with Crippen molar-refractivity contribution in [3.8, 4) is 17.3 Å². The van der Waals surface area contributed by atoms with Gasteiger partial charge in [0, 0.05) is 30.6 Å². The van der Waals surface area contributed by atoms with Crippen LogP contribution < -0.4 is 10.1 Å². The first-order valence-corrected chi connectivity index (χ1v) is 7.09. The van der Waals surface area contributed by atoms with Gasteiger partial charge in [-0.1, -0.05) is 6.92 Å².